The second-order valence-corrected chi connectivity index (χ2v) is 7.37. The fourth-order valence-electron chi connectivity index (χ4n) is 3.87. The number of carbonyl (C=O) groups is 1. The molecule has 1 saturated heterocycles. The quantitative estimate of drug-likeness (QED) is 0.750. The van der Waals surface area contributed by atoms with Crippen molar-refractivity contribution in [2.24, 2.45) is 0 Å². The van der Waals surface area contributed by atoms with Gasteiger partial charge in [-0.15, -0.1) is 0 Å². The summed E-state index contributed by atoms with van der Waals surface area (Å²) in [6.45, 7) is 10.0. The molecule has 2 amide bonds. The van der Waals surface area contributed by atoms with Crippen LogP contribution in [0.3, 0.4) is 0 Å². The van der Waals surface area contributed by atoms with E-state index in [0.29, 0.717) is 13.1 Å². The summed E-state index contributed by atoms with van der Waals surface area (Å²) >= 11 is 0. The minimum absolute atomic E-state index is 0.0319. The number of para-hydroxylation sites is 2. The zero-order valence-corrected chi connectivity index (χ0v) is 16.8. The van der Waals surface area contributed by atoms with Crippen molar-refractivity contribution in [3.05, 3.63) is 53.6 Å². The van der Waals surface area contributed by atoms with Crippen molar-refractivity contribution in [1.29, 1.82) is 0 Å². The number of imidazole rings is 1. The van der Waals surface area contributed by atoms with Crippen LogP contribution in [0.4, 0.5) is 16.4 Å². The molecule has 1 aliphatic heterocycles. The highest BCUT2D eigenvalue weighted by Crippen LogP contribution is 2.24. The van der Waals surface area contributed by atoms with Gasteiger partial charge in [-0.2, -0.15) is 0 Å². The van der Waals surface area contributed by atoms with E-state index in [1.54, 1.807) is 0 Å². The summed E-state index contributed by atoms with van der Waals surface area (Å²) in [5, 5.41) is 3.05. The first-order valence-corrected chi connectivity index (χ1v) is 9.90. The molecule has 1 N–H and O–H groups in total. The fraction of sp³-hybridized carbons (Fsp3) is 0.364. The lowest BCUT2D eigenvalue weighted by Gasteiger charge is -2.35. The summed E-state index contributed by atoms with van der Waals surface area (Å²) in [4.78, 5) is 21.7. The van der Waals surface area contributed by atoms with Crippen molar-refractivity contribution in [3.8, 4) is 0 Å². The first kappa shape index (κ1) is 18.3. The third-order valence-electron chi connectivity index (χ3n) is 5.42. The van der Waals surface area contributed by atoms with E-state index in [4.69, 9.17) is 4.98 Å². The molecule has 6 nitrogen and oxygen atoms in total. The highest BCUT2D eigenvalue weighted by molar-refractivity contribution is 5.90. The van der Waals surface area contributed by atoms with Crippen molar-refractivity contribution in [2.75, 3.05) is 36.4 Å². The Hall–Kier alpha value is -3.02. The zero-order valence-electron chi connectivity index (χ0n) is 16.8. The number of urea groups is 1. The summed E-state index contributed by atoms with van der Waals surface area (Å²) in [7, 11) is 0. The van der Waals surface area contributed by atoms with E-state index >= 15 is 0 Å². The molecule has 28 heavy (non-hydrogen) atoms. The van der Waals surface area contributed by atoms with Crippen LogP contribution in [-0.2, 0) is 6.54 Å². The zero-order chi connectivity index (χ0) is 19.7. The number of hydrogen-bond donors (Lipinski definition) is 1. The molecule has 0 bridgehead atoms. The smallest absolute Gasteiger partial charge is 0.321 e. The van der Waals surface area contributed by atoms with Crippen molar-refractivity contribution in [2.45, 2.75) is 27.3 Å². The molecule has 2 heterocycles. The Kier molecular flexibility index (Phi) is 4.94. The number of fused-ring (bicyclic) bond motifs is 1. The van der Waals surface area contributed by atoms with Crippen molar-refractivity contribution >= 4 is 28.7 Å². The molecule has 1 aromatic heterocycles. The molecule has 1 fully saturated rings. The van der Waals surface area contributed by atoms with Crippen LogP contribution in [0.25, 0.3) is 11.0 Å². The molecular formula is C22H27N5O. The molecule has 0 radical (unpaired) electrons. The van der Waals surface area contributed by atoms with Crippen molar-refractivity contribution in [1.82, 2.24) is 14.5 Å². The Balaban J connectivity index is 1.44. The molecule has 0 spiro atoms. The Bertz CT molecular complexity index is 1000. The first-order valence-electron chi connectivity index (χ1n) is 9.90. The minimum Gasteiger partial charge on any atom is -0.339 e. The van der Waals surface area contributed by atoms with E-state index in [0.717, 1.165) is 47.9 Å². The number of piperazine rings is 1. The third-order valence-corrected chi connectivity index (χ3v) is 5.42. The van der Waals surface area contributed by atoms with E-state index in [-0.39, 0.29) is 6.03 Å². The van der Waals surface area contributed by atoms with Gasteiger partial charge in [0.15, 0.2) is 0 Å². The molecule has 1 aliphatic rings. The van der Waals surface area contributed by atoms with Gasteiger partial charge in [0.05, 0.1) is 11.0 Å². The normalized spacial score (nSPS) is 14.5. The Labute approximate surface area is 165 Å². The van der Waals surface area contributed by atoms with E-state index < -0.39 is 0 Å². The van der Waals surface area contributed by atoms with E-state index in [1.807, 2.05) is 30.0 Å². The topological polar surface area (TPSA) is 53.4 Å². The molecule has 4 rings (SSSR count). The molecule has 6 heteroatoms. The molecular weight excluding hydrogens is 350 g/mol. The highest BCUT2D eigenvalue weighted by Gasteiger charge is 2.24. The summed E-state index contributed by atoms with van der Waals surface area (Å²) in [6, 6.07) is 14.3. The van der Waals surface area contributed by atoms with Crippen molar-refractivity contribution < 1.29 is 4.79 Å². The summed E-state index contributed by atoms with van der Waals surface area (Å²) in [6.07, 6.45) is 0. The Morgan fingerprint density at radius 3 is 2.54 bits per heavy atom. The van der Waals surface area contributed by atoms with Gasteiger partial charge in [0.2, 0.25) is 5.95 Å². The van der Waals surface area contributed by atoms with Gasteiger partial charge in [0, 0.05) is 38.4 Å². The Morgan fingerprint density at radius 2 is 1.82 bits per heavy atom. The Morgan fingerprint density at radius 1 is 1.07 bits per heavy atom. The maximum absolute atomic E-state index is 12.7. The number of carbonyl (C=O) groups excluding carboxylic acids is 1. The molecule has 0 atom stereocenters. The van der Waals surface area contributed by atoms with E-state index in [1.165, 1.54) is 5.56 Å². The predicted octanol–water partition coefficient (Wildman–Crippen LogP) is 4.03. The average Bonchev–Trinajstić information content (AvgIpc) is 3.09. The van der Waals surface area contributed by atoms with Gasteiger partial charge in [-0.05, 0) is 44.5 Å². The molecule has 0 aliphatic carbocycles. The fourth-order valence-corrected chi connectivity index (χ4v) is 3.87. The lowest BCUT2D eigenvalue weighted by molar-refractivity contribution is 0.208. The number of hydrogen-bond acceptors (Lipinski definition) is 3. The van der Waals surface area contributed by atoms with Crippen molar-refractivity contribution in [3.63, 3.8) is 0 Å². The van der Waals surface area contributed by atoms with Gasteiger partial charge in [0.1, 0.15) is 0 Å². The van der Waals surface area contributed by atoms with Crippen LogP contribution in [0.1, 0.15) is 18.1 Å². The van der Waals surface area contributed by atoms with Crippen LogP contribution in [0.15, 0.2) is 42.5 Å². The van der Waals surface area contributed by atoms with Gasteiger partial charge in [-0.25, -0.2) is 9.78 Å². The number of aromatic nitrogens is 2. The number of nitrogens with one attached hydrogen (secondary N) is 1. The second kappa shape index (κ2) is 7.54. The first-order chi connectivity index (χ1) is 13.6. The number of nitrogens with zero attached hydrogens (tertiary/aromatic N) is 4. The molecule has 0 saturated carbocycles. The number of anilines is 2. The standard InChI is InChI=1S/C22H27N5O/c1-4-27-20-8-6-5-7-19(20)23-21(27)25-11-13-26(14-12-25)22(28)24-18-10-9-16(2)15-17(18)3/h5-10,15H,4,11-14H2,1-3H3,(H,24,28). The predicted molar refractivity (Wildman–Crippen MR) is 114 cm³/mol. The second-order valence-electron chi connectivity index (χ2n) is 7.37. The third kappa shape index (κ3) is 3.42. The van der Waals surface area contributed by atoms with Gasteiger partial charge in [-0.1, -0.05) is 29.8 Å². The van der Waals surface area contributed by atoms with Crippen LogP contribution in [0.2, 0.25) is 0 Å². The largest absolute Gasteiger partial charge is 0.339 e. The monoisotopic (exact) mass is 377 g/mol. The maximum Gasteiger partial charge on any atom is 0.321 e. The summed E-state index contributed by atoms with van der Waals surface area (Å²) < 4.78 is 2.25. The SMILES string of the molecule is CCn1c(N2CCN(C(=O)Nc3ccc(C)cc3C)CC2)nc2ccccc21. The van der Waals surface area contributed by atoms with Gasteiger partial charge in [0.25, 0.3) is 0 Å². The van der Waals surface area contributed by atoms with Gasteiger partial charge in [-0.3, -0.25) is 0 Å². The molecule has 3 aromatic rings. The summed E-state index contributed by atoms with van der Waals surface area (Å²) in [5.74, 6) is 0.998. The highest BCUT2D eigenvalue weighted by atomic mass is 16.2. The van der Waals surface area contributed by atoms with Crippen LogP contribution in [0.5, 0.6) is 0 Å². The van der Waals surface area contributed by atoms with E-state index in [9.17, 15) is 4.79 Å². The van der Waals surface area contributed by atoms with Crippen LogP contribution < -0.4 is 10.2 Å². The summed E-state index contributed by atoms with van der Waals surface area (Å²) in [5.41, 5.74) is 5.35. The molecule has 146 valence electrons. The van der Waals surface area contributed by atoms with Crippen LogP contribution in [0, 0.1) is 13.8 Å². The molecule has 2 aromatic carbocycles. The number of rotatable bonds is 3. The number of amides is 2. The van der Waals surface area contributed by atoms with Crippen LogP contribution in [-0.4, -0.2) is 46.7 Å². The number of benzene rings is 2. The van der Waals surface area contributed by atoms with E-state index in [2.05, 4.69) is 52.9 Å². The lowest BCUT2D eigenvalue weighted by Crippen LogP contribution is -2.50. The maximum atomic E-state index is 12.7. The minimum atomic E-state index is -0.0319. The lowest BCUT2D eigenvalue weighted by atomic mass is 10.1. The number of aryl methyl sites for hydroxylation is 3. The van der Waals surface area contributed by atoms with Crippen LogP contribution >= 0.6 is 0 Å². The van der Waals surface area contributed by atoms with Gasteiger partial charge >= 0.3 is 6.03 Å². The average molecular weight is 377 g/mol. The molecule has 0 unspecified atom stereocenters. The van der Waals surface area contributed by atoms with Gasteiger partial charge < -0.3 is 19.7 Å².